The van der Waals surface area contributed by atoms with Crippen molar-refractivity contribution in [3.05, 3.63) is 24.3 Å². The van der Waals surface area contributed by atoms with Gasteiger partial charge in [0.15, 0.2) is 0 Å². The van der Waals surface area contributed by atoms with E-state index in [0.717, 1.165) is 37.6 Å². The molecule has 0 aromatic heterocycles. The van der Waals surface area contributed by atoms with Crippen molar-refractivity contribution in [2.45, 2.75) is 25.3 Å². The molecule has 3 aliphatic rings. The summed E-state index contributed by atoms with van der Waals surface area (Å²) in [6, 6.07) is 8.22. The predicted octanol–water partition coefficient (Wildman–Crippen LogP) is 1.72. The van der Waals surface area contributed by atoms with Gasteiger partial charge < -0.3 is 20.3 Å². The number of rotatable bonds is 3. The standard InChI is InChI=1S/C19H27N3O2/c1-24-16-4-2-3-15(12-16)21-7-9-22(10-8-21)19(23)17-13-5-6-14(11-13)18(17)20/h2-4,12-14,17-18H,5-11,20H2,1H3. The van der Waals surface area contributed by atoms with Gasteiger partial charge in [-0.2, -0.15) is 0 Å². The lowest BCUT2D eigenvalue weighted by Crippen LogP contribution is -2.53. The van der Waals surface area contributed by atoms with Crippen LogP contribution in [0.5, 0.6) is 5.75 Å². The van der Waals surface area contributed by atoms with Crippen LogP contribution in [0.15, 0.2) is 24.3 Å². The monoisotopic (exact) mass is 329 g/mol. The van der Waals surface area contributed by atoms with Crippen molar-refractivity contribution in [3.8, 4) is 5.75 Å². The van der Waals surface area contributed by atoms with Crippen molar-refractivity contribution in [1.29, 1.82) is 0 Å². The van der Waals surface area contributed by atoms with E-state index in [1.165, 1.54) is 19.3 Å². The first-order valence-corrected chi connectivity index (χ1v) is 9.10. The molecule has 1 amide bonds. The number of anilines is 1. The fourth-order valence-corrected chi connectivity index (χ4v) is 4.91. The van der Waals surface area contributed by atoms with Crippen LogP contribution in [-0.4, -0.2) is 50.1 Å². The third-order valence-corrected chi connectivity index (χ3v) is 6.28. The van der Waals surface area contributed by atoms with Crippen LogP contribution in [0.1, 0.15) is 19.3 Å². The molecule has 4 rings (SSSR count). The van der Waals surface area contributed by atoms with E-state index in [4.69, 9.17) is 10.5 Å². The molecule has 0 spiro atoms. The zero-order chi connectivity index (χ0) is 16.7. The Morgan fingerprint density at radius 2 is 1.92 bits per heavy atom. The van der Waals surface area contributed by atoms with Gasteiger partial charge in [0, 0.05) is 44.0 Å². The van der Waals surface area contributed by atoms with Crippen LogP contribution in [0.4, 0.5) is 5.69 Å². The minimum absolute atomic E-state index is 0.0760. The van der Waals surface area contributed by atoms with Gasteiger partial charge in [0.05, 0.1) is 13.0 Å². The first-order valence-electron chi connectivity index (χ1n) is 9.10. The summed E-state index contributed by atoms with van der Waals surface area (Å²) in [4.78, 5) is 17.3. The van der Waals surface area contributed by atoms with Gasteiger partial charge in [-0.25, -0.2) is 0 Å². The molecule has 2 saturated carbocycles. The molecule has 5 heteroatoms. The SMILES string of the molecule is COc1cccc(N2CCN(C(=O)C3C4CCC(C4)C3N)CC2)c1. The van der Waals surface area contributed by atoms with E-state index >= 15 is 0 Å². The number of carbonyl (C=O) groups excluding carboxylic acids is 1. The molecule has 2 bridgehead atoms. The Labute approximate surface area is 143 Å². The Kier molecular flexibility index (Phi) is 4.12. The largest absolute Gasteiger partial charge is 0.497 e. The molecule has 1 aliphatic heterocycles. The normalized spacial score (nSPS) is 32.2. The van der Waals surface area contributed by atoms with Gasteiger partial charge in [-0.3, -0.25) is 4.79 Å². The lowest BCUT2D eigenvalue weighted by Gasteiger charge is -2.39. The molecule has 0 radical (unpaired) electrons. The lowest BCUT2D eigenvalue weighted by molar-refractivity contribution is -0.138. The second-order valence-electron chi connectivity index (χ2n) is 7.45. The highest BCUT2D eigenvalue weighted by Gasteiger charge is 2.50. The average molecular weight is 329 g/mol. The number of hydrogen-bond donors (Lipinski definition) is 1. The second kappa shape index (κ2) is 6.28. The molecular weight excluding hydrogens is 302 g/mol. The summed E-state index contributed by atoms with van der Waals surface area (Å²) in [5.41, 5.74) is 7.52. The molecule has 2 N–H and O–H groups in total. The Morgan fingerprint density at radius 1 is 1.17 bits per heavy atom. The molecule has 2 aliphatic carbocycles. The maximum Gasteiger partial charge on any atom is 0.227 e. The highest BCUT2D eigenvalue weighted by atomic mass is 16.5. The Hall–Kier alpha value is -1.75. The number of amides is 1. The first-order chi connectivity index (χ1) is 11.7. The van der Waals surface area contributed by atoms with Crippen LogP contribution in [0.2, 0.25) is 0 Å². The summed E-state index contributed by atoms with van der Waals surface area (Å²) < 4.78 is 5.31. The minimum atomic E-state index is 0.0760. The number of benzene rings is 1. The average Bonchev–Trinajstić information content (AvgIpc) is 3.22. The zero-order valence-corrected chi connectivity index (χ0v) is 14.4. The van der Waals surface area contributed by atoms with E-state index in [2.05, 4.69) is 17.0 Å². The molecule has 1 heterocycles. The number of piperazine rings is 1. The van der Waals surface area contributed by atoms with Gasteiger partial charge in [-0.05, 0) is 43.2 Å². The lowest BCUT2D eigenvalue weighted by atomic mass is 9.84. The molecule has 1 aromatic rings. The summed E-state index contributed by atoms with van der Waals surface area (Å²) in [5.74, 6) is 2.38. The van der Waals surface area contributed by atoms with Crippen molar-refractivity contribution >= 4 is 11.6 Å². The Bertz CT molecular complexity index is 610. The van der Waals surface area contributed by atoms with Crippen molar-refractivity contribution in [1.82, 2.24) is 4.90 Å². The van der Waals surface area contributed by atoms with Crippen LogP contribution in [0, 0.1) is 17.8 Å². The second-order valence-corrected chi connectivity index (χ2v) is 7.45. The Morgan fingerprint density at radius 3 is 2.58 bits per heavy atom. The summed E-state index contributed by atoms with van der Waals surface area (Å²) in [6.45, 7) is 3.32. The molecule has 24 heavy (non-hydrogen) atoms. The molecule has 3 fully saturated rings. The summed E-state index contributed by atoms with van der Waals surface area (Å²) in [6.07, 6.45) is 3.58. The summed E-state index contributed by atoms with van der Waals surface area (Å²) in [5, 5.41) is 0. The predicted molar refractivity (Wildman–Crippen MR) is 94.1 cm³/mol. The number of nitrogens with zero attached hydrogens (tertiary/aromatic N) is 2. The Balaban J connectivity index is 1.38. The quantitative estimate of drug-likeness (QED) is 0.917. The number of ether oxygens (including phenoxy) is 1. The minimum Gasteiger partial charge on any atom is -0.497 e. The van der Waals surface area contributed by atoms with Crippen molar-refractivity contribution in [2.24, 2.45) is 23.5 Å². The van der Waals surface area contributed by atoms with Gasteiger partial charge in [0.25, 0.3) is 0 Å². The molecule has 5 nitrogen and oxygen atoms in total. The van der Waals surface area contributed by atoms with Gasteiger partial charge in [-0.15, -0.1) is 0 Å². The molecular formula is C19H27N3O2. The van der Waals surface area contributed by atoms with E-state index in [1.54, 1.807) is 7.11 Å². The molecule has 1 aromatic carbocycles. The van der Waals surface area contributed by atoms with Gasteiger partial charge in [0.1, 0.15) is 5.75 Å². The molecule has 4 unspecified atom stereocenters. The van der Waals surface area contributed by atoms with E-state index in [0.29, 0.717) is 17.7 Å². The first kappa shape index (κ1) is 15.8. The third kappa shape index (κ3) is 2.65. The van der Waals surface area contributed by atoms with Crippen molar-refractivity contribution in [3.63, 3.8) is 0 Å². The number of carbonyl (C=O) groups is 1. The fraction of sp³-hybridized carbons (Fsp3) is 0.632. The maximum atomic E-state index is 13.0. The maximum absolute atomic E-state index is 13.0. The third-order valence-electron chi connectivity index (χ3n) is 6.28. The number of nitrogens with two attached hydrogens (primary N) is 1. The number of fused-ring (bicyclic) bond motifs is 2. The highest BCUT2D eigenvalue weighted by molar-refractivity contribution is 5.81. The summed E-state index contributed by atoms with van der Waals surface area (Å²) in [7, 11) is 1.69. The van der Waals surface area contributed by atoms with Crippen molar-refractivity contribution in [2.75, 3.05) is 38.2 Å². The van der Waals surface area contributed by atoms with E-state index in [-0.39, 0.29) is 12.0 Å². The van der Waals surface area contributed by atoms with Crippen LogP contribution < -0.4 is 15.4 Å². The summed E-state index contributed by atoms with van der Waals surface area (Å²) >= 11 is 0. The van der Waals surface area contributed by atoms with E-state index in [9.17, 15) is 4.79 Å². The van der Waals surface area contributed by atoms with Crippen LogP contribution in [-0.2, 0) is 4.79 Å². The molecule has 1 saturated heterocycles. The smallest absolute Gasteiger partial charge is 0.227 e. The zero-order valence-electron chi connectivity index (χ0n) is 14.4. The topological polar surface area (TPSA) is 58.8 Å². The highest BCUT2D eigenvalue weighted by Crippen LogP contribution is 2.48. The number of hydrogen-bond acceptors (Lipinski definition) is 4. The van der Waals surface area contributed by atoms with E-state index < -0.39 is 0 Å². The van der Waals surface area contributed by atoms with Gasteiger partial charge in [-0.1, -0.05) is 6.07 Å². The van der Waals surface area contributed by atoms with Crippen molar-refractivity contribution < 1.29 is 9.53 Å². The van der Waals surface area contributed by atoms with Gasteiger partial charge in [0.2, 0.25) is 5.91 Å². The van der Waals surface area contributed by atoms with Crippen LogP contribution in [0.3, 0.4) is 0 Å². The van der Waals surface area contributed by atoms with Crippen LogP contribution in [0.25, 0.3) is 0 Å². The van der Waals surface area contributed by atoms with E-state index in [1.807, 2.05) is 17.0 Å². The molecule has 130 valence electrons. The van der Waals surface area contributed by atoms with Crippen LogP contribution >= 0.6 is 0 Å². The number of methoxy groups -OCH3 is 1. The molecule has 4 atom stereocenters. The fourth-order valence-electron chi connectivity index (χ4n) is 4.91. The van der Waals surface area contributed by atoms with Gasteiger partial charge >= 0.3 is 0 Å².